The molecule has 122 valence electrons. The van der Waals surface area contributed by atoms with Crippen LogP contribution in [0.15, 0.2) is 30.9 Å². The fourth-order valence-corrected chi connectivity index (χ4v) is 3.55. The van der Waals surface area contributed by atoms with Crippen LogP contribution in [-0.2, 0) is 16.0 Å². The number of para-hydroxylation sites is 1. The van der Waals surface area contributed by atoms with Crippen molar-refractivity contribution in [3.63, 3.8) is 0 Å². The van der Waals surface area contributed by atoms with Crippen LogP contribution in [0.2, 0.25) is 0 Å². The molecule has 3 rings (SSSR count). The second-order valence-electron chi connectivity index (χ2n) is 6.18. The summed E-state index contributed by atoms with van der Waals surface area (Å²) in [4.78, 5) is 28.0. The number of fused-ring (bicyclic) bond motifs is 1. The fourth-order valence-electron chi connectivity index (χ4n) is 3.55. The normalized spacial score (nSPS) is 18.4. The van der Waals surface area contributed by atoms with Gasteiger partial charge in [-0.15, -0.1) is 0 Å². The van der Waals surface area contributed by atoms with Gasteiger partial charge in [0, 0.05) is 25.6 Å². The molecule has 0 spiro atoms. The second kappa shape index (κ2) is 6.44. The van der Waals surface area contributed by atoms with Crippen molar-refractivity contribution in [2.24, 2.45) is 5.92 Å². The lowest BCUT2D eigenvalue weighted by Gasteiger charge is -2.36. The van der Waals surface area contributed by atoms with Gasteiger partial charge in [0.25, 0.3) is 0 Å². The number of phenolic OH excluding ortho intramolecular Hbond substituents is 1. The van der Waals surface area contributed by atoms with Gasteiger partial charge >= 0.3 is 0 Å². The molecule has 5 nitrogen and oxygen atoms in total. The predicted octanol–water partition coefficient (Wildman–Crippen LogP) is 2.10. The molecule has 2 amide bonds. The number of amides is 2. The smallest absolute Gasteiger partial charge is 0.245 e. The maximum absolute atomic E-state index is 12.9. The Kier molecular flexibility index (Phi) is 4.37. The molecule has 2 aliphatic rings. The molecule has 0 unspecified atom stereocenters. The summed E-state index contributed by atoms with van der Waals surface area (Å²) < 4.78 is 0. The Morgan fingerprint density at radius 2 is 1.96 bits per heavy atom. The molecule has 0 aliphatic carbocycles. The number of phenols is 1. The molecular weight excluding hydrogens is 292 g/mol. The summed E-state index contributed by atoms with van der Waals surface area (Å²) >= 11 is 0. The highest BCUT2D eigenvalue weighted by Crippen LogP contribution is 2.37. The quantitative estimate of drug-likeness (QED) is 0.850. The molecule has 0 radical (unpaired) electrons. The lowest BCUT2D eigenvalue weighted by Crippen LogP contribution is -2.45. The molecule has 0 saturated carbocycles. The molecule has 1 fully saturated rings. The number of nitrogens with zero attached hydrogens (tertiary/aromatic N) is 2. The van der Waals surface area contributed by atoms with E-state index >= 15 is 0 Å². The third-order valence-electron chi connectivity index (χ3n) is 4.79. The molecule has 2 heterocycles. The van der Waals surface area contributed by atoms with Crippen LogP contribution in [0.5, 0.6) is 5.75 Å². The van der Waals surface area contributed by atoms with Crippen LogP contribution in [0.25, 0.3) is 0 Å². The van der Waals surface area contributed by atoms with E-state index in [1.165, 1.54) is 6.08 Å². The van der Waals surface area contributed by atoms with Crippen LogP contribution in [0.4, 0.5) is 5.69 Å². The van der Waals surface area contributed by atoms with E-state index in [9.17, 15) is 14.7 Å². The average molecular weight is 314 g/mol. The number of hydrogen-bond donors (Lipinski definition) is 1. The highest BCUT2D eigenvalue weighted by molar-refractivity contribution is 5.98. The number of anilines is 1. The summed E-state index contributed by atoms with van der Waals surface area (Å²) in [5.41, 5.74) is 1.71. The van der Waals surface area contributed by atoms with Gasteiger partial charge in [-0.05, 0) is 43.4 Å². The summed E-state index contributed by atoms with van der Waals surface area (Å²) in [5, 5.41) is 10.2. The van der Waals surface area contributed by atoms with Crippen molar-refractivity contribution < 1.29 is 14.7 Å². The maximum Gasteiger partial charge on any atom is 0.245 e. The van der Waals surface area contributed by atoms with Crippen molar-refractivity contribution in [3.05, 3.63) is 36.4 Å². The molecule has 23 heavy (non-hydrogen) atoms. The Balaban J connectivity index is 1.73. The van der Waals surface area contributed by atoms with Crippen molar-refractivity contribution in [2.75, 3.05) is 24.5 Å². The van der Waals surface area contributed by atoms with Crippen LogP contribution >= 0.6 is 0 Å². The maximum atomic E-state index is 12.9. The number of likely N-dealkylation sites (tertiary alicyclic amines) is 1. The fraction of sp³-hybridized carbons (Fsp3) is 0.444. The zero-order valence-electron chi connectivity index (χ0n) is 13.2. The predicted molar refractivity (Wildman–Crippen MR) is 88.3 cm³/mol. The van der Waals surface area contributed by atoms with E-state index in [1.807, 2.05) is 12.1 Å². The number of piperidine rings is 1. The number of aromatic hydroxyl groups is 1. The first-order valence-electron chi connectivity index (χ1n) is 8.15. The van der Waals surface area contributed by atoms with E-state index in [-0.39, 0.29) is 23.5 Å². The molecule has 1 aromatic carbocycles. The minimum atomic E-state index is -0.0885. The lowest BCUT2D eigenvalue weighted by atomic mass is 9.93. The van der Waals surface area contributed by atoms with Crippen molar-refractivity contribution >= 4 is 17.5 Å². The van der Waals surface area contributed by atoms with Gasteiger partial charge in [-0.25, -0.2) is 0 Å². The summed E-state index contributed by atoms with van der Waals surface area (Å²) in [5.74, 6) is 0.0826. The minimum Gasteiger partial charge on any atom is -0.506 e. The SMILES string of the molecule is C=CC(=O)N1CCC(C(=O)N2CCCc3cccc(O)c32)CC1. The summed E-state index contributed by atoms with van der Waals surface area (Å²) in [7, 11) is 0. The average Bonchev–Trinajstić information content (AvgIpc) is 2.60. The summed E-state index contributed by atoms with van der Waals surface area (Å²) in [6.45, 7) is 5.32. The number of aryl methyl sites for hydroxylation is 1. The van der Waals surface area contributed by atoms with Gasteiger partial charge in [0.05, 0.1) is 5.69 Å². The Bertz CT molecular complexity index is 633. The summed E-state index contributed by atoms with van der Waals surface area (Å²) in [6.07, 6.45) is 4.45. The van der Waals surface area contributed by atoms with Crippen LogP contribution in [0.1, 0.15) is 24.8 Å². The summed E-state index contributed by atoms with van der Waals surface area (Å²) in [6, 6.07) is 5.43. The zero-order chi connectivity index (χ0) is 16.4. The molecule has 0 atom stereocenters. The van der Waals surface area contributed by atoms with Gasteiger partial charge in [-0.2, -0.15) is 0 Å². The first-order chi connectivity index (χ1) is 11.1. The largest absolute Gasteiger partial charge is 0.506 e. The van der Waals surface area contributed by atoms with Crippen molar-refractivity contribution in [3.8, 4) is 5.75 Å². The van der Waals surface area contributed by atoms with E-state index in [1.54, 1.807) is 15.9 Å². The molecule has 1 N–H and O–H groups in total. The first-order valence-corrected chi connectivity index (χ1v) is 8.15. The van der Waals surface area contributed by atoms with E-state index in [0.29, 0.717) is 38.2 Å². The second-order valence-corrected chi connectivity index (χ2v) is 6.18. The van der Waals surface area contributed by atoms with Crippen LogP contribution in [0, 0.1) is 5.92 Å². The van der Waals surface area contributed by atoms with Gasteiger partial charge in [-0.1, -0.05) is 18.7 Å². The Morgan fingerprint density at radius 3 is 2.65 bits per heavy atom. The molecule has 1 saturated heterocycles. The van der Waals surface area contributed by atoms with Crippen LogP contribution in [-0.4, -0.2) is 41.5 Å². The van der Waals surface area contributed by atoms with Crippen LogP contribution in [0.3, 0.4) is 0 Å². The van der Waals surface area contributed by atoms with Gasteiger partial charge in [0.2, 0.25) is 11.8 Å². The Morgan fingerprint density at radius 1 is 1.22 bits per heavy atom. The van der Waals surface area contributed by atoms with Gasteiger partial charge in [0.1, 0.15) is 5.75 Å². The van der Waals surface area contributed by atoms with Gasteiger partial charge in [-0.3, -0.25) is 9.59 Å². The lowest BCUT2D eigenvalue weighted by molar-refractivity contribution is -0.131. The molecule has 5 heteroatoms. The highest BCUT2D eigenvalue weighted by Gasteiger charge is 2.33. The Labute approximate surface area is 136 Å². The Hall–Kier alpha value is -2.30. The number of carbonyl (C=O) groups is 2. The van der Waals surface area contributed by atoms with E-state index in [4.69, 9.17) is 0 Å². The van der Waals surface area contributed by atoms with E-state index < -0.39 is 0 Å². The van der Waals surface area contributed by atoms with Gasteiger partial charge < -0.3 is 14.9 Å². The zero-order valence-corrected chi connectivity index (χ0v) is 13.2. The number of hydrogen-bond acceptors (Lipinski definition) is 3. The number of benzene rings is 1. The molecule has 0 aromatic heterocycles. The van der Waals surface area contributed by atoms with E-state index in [2.05, 4.69) is 6.58 Å². The number of carbonyl (C=O) groups excluding carboxylic acids is 2. The molecular formula is C18H22N2O3. The van der Waals surface area contributed by atoms with Crippen molar-refractivity contribution in [1.29, 1.82) is 0 Å². The molecule has 1 aromatic rings. The van der Waals surface area contributed by atoms with Crippen molar-refractivity contribution in [2.45, 2.75) is 25.7 Å². The number of rotatable bonds is 2. The van der Waals surface area contributed by atoms with Crippen molar-refractivity contribution in [1.82, 2.24) is 4.90 Å². The third-order valence-corrected chi connectivity index (χ3v) is 4.79. The highest BCUT2D eigenvalue weighted by atomic mass is 16.3. The third kappa shape index (κ3) is 2.96. The standard InChI is InChI=1S/C18H22N2O3/c1-2-16(22)19-11-8-14(9-12-19)18(23)20-10-4-6-13-5-3-7-15(21)17(13)20/h2-3,5,7,14,21H,1,4,6,8-12H2. The topological polar surface area (TPSA) is 60.9 Å². The monoisotopic (exact) mass is 314 g/mol. The van der Waals surface area contributed by atoms with E-state index in [0.717, 1.165) is 18.4 Å². The van der Waals surface area contributed by atoms with Crippen LogP contribution < -0.4 is 4.90 Å². The first kappa shape index (κ1) is 15.6. The minimum absolute atomic E-state index is 0.0677. The van der Waals surface area contributed by atoms with Gasteiger partial charge in [0.15, 0.2) is 0 Å². The molecule has 0 bridgehead atoms. The molecule has 2 aliphatic heterocycles.